The molecule has 1 aromatic heterocycles. The highest BCUT2D eigenvalue weighted by atomic mass is 16.4. The fourth-order valence-electron chi connectivity index (χ4n) is 0.422. The molecule has 0 unspecified atom stereocenters. The molecule has 0 aromatic carbocycles. The molecule has 0 saturated heterocycles. The standard InChI is InChI=1S/C4H5BO3.C2H6/c6-5(7)4-1-2-8-3-4;1-2/h1-3,6-7H;1-2H3. The van der Waals surface area contributed by atoms with E-state index in [1.165, 1.54) is 18.6 Å². The van der Waals surface area contributed by atoms with Gasteiger partial charge in [-0.1, -0.05) is 13.8 Å². The first-order valence-electron chi connectivity index (χ1n) is 3.19. The van der Waals surface area contributed by atoms with Crippen LogP contribution in [0.15, 0.2) is 23.0 Å². The summed E-state index contributed by atoms with van der Waals surface area (Å²) in [4.78, 5) is 0. The molecule has 0 bridgehead atoms. The zero-order valence-corrected chi connectivity index (χ0v) is 6.11. The number of hydrogen-bond acceptors (Lipinski definition) is 3. The third-order valence-electron chi connectivity index (χ3n) is 0.841. The summed E-state index contributed by atoms with van der Waals surface area (Å²) in [7, 11) is -1.41. The number of furan rings is 1. The first-order valence-corrected chi connectivity index (χ1v) is 3.19. The second-order valence-electron chi connectivity index (χ2n) is 1.43. The van der Waals surface area contributed by atoms with Gasteiger partial charge in [0.2, 0.25) is 0 Å². The Hall–Kier alpha value is -0.735. The van der Waals surface area contributed by atoms with E-state index in [2.05, 4.69) is 4.42 Å². The molecule has 0 radical (unpaired) electrons. The van der Waals surface area contributed by atoms with Crippen LogP contribution in [0.4, 0.5) is 0 Å². The fraction of sp³-hybridized carbons (Fsp3) is 0.333. The molecule has 0 aliphatic carbocycles. The van der Waals surface area contributed by atoms with Crippen LogP contribution in [0.1, 0.15) is 13.8 Å². The molecule has 0 atom stereocenters. The summed E-state index contributed by atoms with van der Waals surface area (Å²) < 4.78 is 4.56. The second-order valence-corrected chi connectivity index (χ2v) is 1.43. The molecule has 1 rings (SSSR count). The highest BCUT2D eigenvalue weighted by Crippen LogP contribution is 1.82. The van der Waals surface area contributed by atoms with Crippen LogP contribution in [0.3, 0.4) is 0 Å². The first kappa shape index (κ1) is 9.26. The van der Waals surface area contributed by atoms with Crippen LogP contribution in [-0.4, -0.2) is 17.2 Å². The average molecular weight is 142 g/mol. The van der Waals surface area contributed by atoms with Gasteiger partial charge in [-0.25, -0.2) is 0 Å². The smallest absolute Gasteiger partial charge is 0.473 e. The second kappa shape index (κ2) is 5.08. The van der Waals surface area contributed by atoms with E-state index in [9.17, 15) is 0 Å². The topological polar surface area (TPSA) is 53.6 Å². The minimum absolute atomic E-state index is 0.380. The van der Waals surface area contributed by atoms with Crippen molar-refractivity contribution in [1.82, 2.24) is 0 Å². The lowest BCUT2D eigenvalue weighted by molar-refractivity contribution is 0.425. The molecule has 0 amide bonds. The van der Waals surface area contributed by atoms with Crippen LogP contribution < -0.4 is 5.46 Å². The van der Waals surface area contributed by atoms with Gasteiger partial charge in [0.1, 0.15) is 0 Å². The van der Waals surface area contributed by atoms with E-state index >= 15 is 0 Å². The highest BCUT2D eigenvalue weighted by Gasteiger charge is 2.10. The van der Waals surface area contributed by atoms with Crippen molar-refractivity contribution >= 4 is 12.6 Å². The minimum atomic E-state index is -1.41. The Labute approximate surface area is 60.4 Å². The van der Waals surface area contributed by atoms with Gasteiger partial charge in [-0.2, -0.15) is 0 Å². The monoisotopic (exact) mass is 142 g/mol. The van der Waals surface area contributed by atoms with Crippen molar-refractivity contribution in [1.29, 1.82) is 0 Å². The van der Waals surface area contributed by atoms with Gasteiger partial charge in [-0.3, -0.25) is 0 Å². The predicted molar refractivity (Wildman–Crippen MR) is 39.9 cm³/mol. The summed E-state index contributed by atoms with van der Waals surface area (Å²) in [5.74, 6) is 0. The van der Waals surface area contributed by atoms with Gasteiger partial charge in [0.05, 0.1) is 12.5 Å². The molecule has 0 spiro atoms. The third kappa shape index (κ3) is 2.71. The van der Waals surface area contributed by atoms with Crippen LogP contribution in [-0.2, 0) is 0 Å². The van der Waals surface area contributed by atoms with Gasteiger partial charge in [0, 0.05) is 5.46 Å². The highest BCUT2D eigenvalue weighted by molar-refractivity contribution is 6.58. The zero-order valence-electron chi connectivity index (χ0n) is 6.11. The Bertz CT molecular complexity index is 148. The Balaban J connectivity index is 0.000000371. The van der Waals surface area contributed by atoms with Gasteiger partial charge in [-0.05, 0) is 6.07 Å². The molecule has 1 aromatic rings. The lowest BCUT2D eigenvalue weighted by Crippen LogP contribution is -2.27. The molecule has 0 saturated carbocycles. The van der Waals surface area contributed by atoms with E-state index in [-0.39, 0.29) is 0 Å². The van der Waals surface area contributed by atoms with Crippen molar-refractivity contribution < 1.29 is 14.5 Å². The molecule has 56 valence electrons. The van der Waals surface area contributed by atoms with Gasteiger partial charge in [0.15, 0.2) is 0 Å². The summed E-state index contributed by atoms with van der Waals surface area (Å²) in [5, 5.41) is 16.8. The normalized spacial score (nSPS) is 8.00. The van der Waals surface area contributed by atoms with Crippen LogP contribution in [0, 0.1) is 0 Å². The first-order chi connectivity index (χ1) is 4.80. The SMILES string of the molecule is CC.OB(O)c1ccoc1. The summed E-state index contributed by atoms with van der Waals surface area (Å²) in [6, 6.07) is 1.49. The van der Waals surface area contributed by atoms with Crippen molar-refractivity contribution in [3.63, 3.8) is 0 Å². The van der Waals surface area contributed by atoms with Crippen molar-refractivity contribution in [3.05, 3.63) is 18.6 Å². The minimum Gasteiger partial charge on any atom is -0.473 e. The molecule has 3 nitrogen and oxygen atoms in total. The van der Waals surface area contributed by atoms with Gasteiger partial charge in [-0.15, -0.1) is 0 Å². The number of hydrogen-bond donors (Lipinski definition) is 2. The number of rotatable bonds is 1. The van der Waals surface area contributed by atoms with Crippen molar-refractivity contribution in [2.75, 3.05) is 0 Å². The van der Waals surface area contributed by atoms with E-state index in [1.54, 1.807) is 0 Å². The molecule has 10 heavy (non-hydrogen) atoms. The summed E-state index contributed by atoms with van der Waals surface area (Å²) >= 11 is 0. The van der Waals surface area contributed by atoms with Gasteiger partial charge >= 0.3 is 7.12 Å². The molecule has 1 heterocycles. The Kier molecular flexibility index (Phi) is 4.71. The van der Waals surface area contributed by atoms with E-state index in [0.29, 0.717) is 5.46 Å². The summed E-state index contributed by atoms with van der Waals surface area (Å²) in [6.07, 6.45) is 2.67. The van der Waals surface area contributed by atoms with Crippen molar-refractivity contribution in [3.8, 4) is 0 Å². The Morgan fingerprint density at radius 1 is 1.40 bits per heavy atom. The molecule has 4 heteroatoms. The maximum atomic E-state index is 8.41. The summed E-state index contributed by atoms with van der Waals surface area (Å²) in [6.45, 7) is 4.00. The van der Waals surface area contributed by atoms with Crippen LogP contribution in [0.25, 0.3) is 0 Å². The van der Waals surface area contributed by atoms with Crippen LogP contribution in [0.2, 0.25) is 0 Å². The molecule has 2 N–H and O–H groups in total. The quantitative estimate of drug-likeness (QED) is 0.542. The Morgan fingerprint density at radius 2 is 2.00 bits per heavy atom. The average Bonchev–Trinajstić information content (AvgIpc) is 2.42. The predicted octanol–water partition coefficient (Wildman–Crippen LogP) is -0.0144. The Morgan fingerprint density at radius 3 is 2.20 bits per heavy atom. The zero-order chi connectivity index (χ0) is 7.98. The van der Waals surface area contributed by atoms with Gasteiger partial charge in [0.25, 0.3) is 0 Å². The largest absolute Gasteiger partial charge is 0.491 e. The third-order valence-corrected chi connectivity index (χ3v) is 0.841. The summed E-state index contributed by atoms with van der Waals surface area (Å²) in [5.41, 5.74) is 0.380. The molecular formula is C6H11BO3. The van der Waals surface area contributed by atoms with Crippen LogP contribution in [0.5, 0.6) is 0 Å². The lowest BCUT2D eigenvalue weighted by Gasteiger charge is -1.86. The molecular weight excluding hydrogens is 131 g/mol. The van der Waals surface area contributed by atoms with E-state index in [4.69, 9.17) is 10.0 Å². The van der Waals surface area contributed by atoms with E-state index in [1.807, 2.05) is 13.8 Å². The van der Waals surface area contributed by atoms with E-state index in [0.717, 1.165) is 0 Å². The van der Waals surface area contributed by atoms with Crippen molar-refractivity contribution in [2.45, 2.75) is 13.8 Å². The lowest BCUT2D eigenvalue weighted by atomic mass is 9.83. The van der Waals surface area contributed by atoms with Gasteiger partial charge < -0.3 is 14.5 Å². The van der Waals surface area contributed by atoms with Crippen LogP contribution >= 0.6 is 0 Å². The fourth-order valence-corrected chi connectivity index (χ4v) is 0.422. The van der Waals surface area contributed by atoms with Crippen molar-refractivity contribution in [2.24, 2.45) is 0 Å². The molecule has 0 aliphatic rings. The molecule has 0 fully saturated rings. The molecule has 0 aliphatic heterocycles. The maximum Gasteiger partial charge on any atom is 0.491 e. The van der Waals surface area contributed by atoms with E-state index < -0.39 is 7.12 Å². The maximum absolute atomic E-state index is 8.41.